The molecule has 20 heavy (non-hydrogen) atoms. The Kier molecular flexibility index (Phi) is 3.10. The lowest BCUT2D eigenvalue weighted by molar-refractivity contribution is 0.837. The maximum absolute atomic E-state index is 4.34. The lowest BCUT2D eigenvalue weighted by Crippen LogP contribution is -2.11. The number of anilines is 1. The first kappa shape index (κ1) is 12.6. The van der Waals surface area contributed by atoms with Gasteiger partial charge in [0, 0.05) is 17.8 Å². The lowest BCUT2D eigenvalue weighted by Gasteiger charge is -2.16. The molecule has 0 radical (unpaired) electrons. The largest absolute Gasteiger partial charge is 0.363 e. The van der Waals surface area contributed by atoms with Crippen molar-refractivity contribution in [1.29, 1.82) is 0 Å². The number of nitrogens with zero attached hydrogens (tertiary/aromatic N) is 4. The van der Waals surface area contributed by atoms with Crippen LogP contribution in [0.25, 0.3) is 5.78 Å². The average Bonchev–Trinajstić information content (AvgIpc) is 2.87. The van der Waals surface area contributed by atoms with E-state index in [1.807, 2.05) is 13.0 Å². The van der Waals surface area contributed by atoms with E-state index < -0.39 is 0 Å². The number of aromatic nitrogens is 4. The SMILES string of the molecule is Cc1ccc(C(C)Nc2cc(C)nc3ncnn23)cc1. The molecule has 1 unspecified atom stereocenters. The normalized spacial score (nSPS) is 12.6. The van der Waals surface area contributed by atoms with Crippen molar-refractivity contribution >= 4 is 11.6 Å². The van der Waals surface area contributed by atoms with Crippen molar-refractivity contribution in [2.75, 3.05) is 5.32 Å². The summed E-state index contributed by atoms with van der Waals surface area (Å²) in [6, 6.07) is 10.7. The highest BCUT2D eigenvalue weighted by Crippen LogP contribution is 2.20. The molecule has 5 nitrogen and oxygen atoms in total. The quantitative estimate of drug-likeness (QED) is 0.792. The first-order chi connectivity index (χ1) is 9.63. The van der Waals surface area contributed by atoms with Crippen LogP contribution >= 0.6 is 0 Å². The highest BCUT2D eigenvalue weighted by Gasteiger charge is 2.10. The van der Waals surface area contributed by atoms with E-state index in [9.17, 15) is 0 Å². The average molecular weight is 267 g/mol. The minimum absolute atomic E-state index is 0.185. The Labute approximate surface area is 117 Å². The van der Waals surface area contributed by atoms with Crippen LogP contribution in [0, 0.1) is 13.8 Å². The van der Waals surface area contributed by atoms with Gasteiger partial charge in [-0.2, -0.15) is 14.6 Å². The zero-order chi connectivity index (χ0) is 14.1. The summed E-state index contributed by atoms with van der Waals surface area (Å²) in [4.78, 5) is 8.47. The second-order valence-corrected chi connectivity index (χ2v) is 5.03. The van der Waals surface area contributed by atoms with Gasteiger partial charge in [-0.05, 0) is 26.3 Å². The summed E-state index contributed by atoms with van der Waals surface area (Å²) in [5.74, 6) is 1.52. The second kappa shape index (κ2) is 4.92. The summed E-state index contributed by atoms with van der Waals surface area (Å²) >= 11 is 0. The van der Waals surface area contributed by atoms with Gasteiger partial charge in [0.15, 0.2) is 0 Å². The Morgan fingerprint density at radius 1 is 1.15 bits per heavy atom. The van der Waals surface area contributed by atoms with E-state index in [-0.39, 0.29) is 6.04 Å². The van der Waals surface area contributed by atoms with Crippen LogP contribution in [0.1, 0.15) is 29.8 Å². The smallest absolute Gasteiger partial charge is 0.254 e. The minimum atomic E-state index is 0.185. The summed E-state index contributed by atoms with van der Waals surface area (Å²) < 4.78 is 1.72. The molecule has 0 amide bonds. The molecule has 1 aromatic carbocycles. The first-order valence-electron chi connectivity index (χ1n) is 6.64. The zero-order valence-corrected chi connectivity index (χ0v) is 11.8. The van der Waals surface area contributed by atoms with E-state index in [1.54, 1.807) is 4.52 Å². The maximum atomic E-state index is 4.34. The monoisotopic (exact) mass is 267 g/mol. The third kappa shape index (κ3) is 2.34. The van der Waals surface area contributed by atoms with Crippen LogP contribution in [0.4, 0.5) is 5.82 Å². The molecule has 3 rings (SSSR count). The second-order valence-electron chi connectivity index (χ2n) is 5.03. The van der Waals surface area contributed by atoms with Crippen molar-refractivity contribution in [3.8, 4) is 0 Å². The van der Waals surface area contributed by atoms with Gasteiger partial charge in [0.25, 0.3) is 5.78 Å². The van der Waals surface area contributed by atoms with Gasteiger partial charge >= 0.3 is 0 Å². The molecular weight excluding hydrogens is 250 g/mol. The Hall–Kier alpha value is -2.43. The highest BCUT2D eigenvalue weighted by molar-refractivity contribution is 5.46. The van der Waals surface area contributed by atoms with Gasteiger partial charge in [-0.15, -0.1) is 0 Å². The molecule has 0 aliphatic carbocycles. The number of fused-ring (bicyclic) bond motifs is 1. The molecule has 0 aliphatic heterocycles. The van der Waals surface area contributed by atoms with E-state index in [1.165, 1.54) is 17.5 Å². The van der Waals surface area contributed by atoms with Crippen LogP contribution in [-0.4, -0.2) is 19.6 Å². The van der Waals surface area contributed by atoms with Crippen LogP contribution in [0.15, 0.2) is 36.7 Å². The Balaban J connectivity index is 1.92. The third-order valence-electron chi connectivity index (χ3n) is 3.32. The fourth-order valence-electron chi connectivity index (χ4n) is 2.19. The van der Waals surface area contributed by atoms with Gasteiger partial charge in [0.2, 0.25) is 0 Å². The summed E-state index contributed by atoms with van der Waals surface area (Å²) in [5.41, 5.74) is 3.42. The predicted octanol–water partition coefficient (Wildman–Crippen LogP) is 2.91. The number of hydrogen-bond donors (Lipinski definition) is 1. The molecule has 0 bridgehead atoms. The highest BCUT2D eigenvalue weighted by atomic mass is 15.4. The molecule has 1 N–H and O–H groups in total. The molecule has 5 heteroatoms. The van der Waals surface area contributed by atoms with E-state index in [2.05, 4.69) is 58.5 Å². The Morgan fingerprint density at radius 3 is 2.65 bits per heavy atom. The summed E-state index contributed by atoms with van der Waals surface area (Å²) in [6.45, 7) is 6.17. The molecule has 3 aromatic rings. The van der Waals surface area contributed by atoms with Crippen LogP contribution < -0.4 is 5.32 Å². The van der Waals surface area contributed by atoms with Gasteiger partial charge < -0.3 is 5.32 Å². The van der Waals surface area contributed by atoms with Gasteiger partial charge in [0.05, 0.1) is 0 Å². The number of benzene rings is 1. The van der Waals surface area contributed by atoms with E-state index >= 15 is 0 Å². The van der Waals surface area contributed by atoms with Crippen LogP contribution in [0.3, 0.4) is 0 Å². The molecule has 0 spiro atoms. The number of hydrogen-bond acceptors (Lipinski definition) is 4. The van der Waals surface area contributed by atoms with Crippen molar-refractivity contribution in [2.24, 2.45) is 0 Å². The lowest BCUT2D eigenvalue weighted by atomic mass is 10.1. The number of rotatable bonds is 3. The maximum Gasteiger partial charge on any atom is 0.254 e. The van der Waals surface area contributed by atoms with Gasteiger partial charge in [0.1, 0.15) is 12.1 Å². The number of nitrogens with one attached hydrogen (secondary N) is 1. The Morgan fingerprint density at radius 2 is 1.90 bits per heavy atom. The molecule has 0 fully saturated rings. The summed E-state index contributed by atoms with van der Waals surface area (Å²) in [7, 11) is 0. The van der Waals surface area contributed by atoms with E-state index in [0.29, 0.717) is 5.78 Å². The van der Waals surface area contributed by atoms with Gasteiger partial charge in [-0.1, -0.05) is 29.8 Å². The van der Waals surface area contributed by atoms with E-state index in [4.69, 9.17) is 0 Å². The van der Waals surface area contributed by atoms with Crippen molar-refractivity contribution in [1.82, 2.24) is 19.6 Å². The third-order valence-corrected chi connectivity index (χ3v) is 3.32. The zero-order valence-electron chi connectivity index (χ0n) is 11.8. The summed E-state index contributed by atoms with van der Waals surface area (Å²) in [6.07, 6.45) is 1.52. The van der Waals surface area contributed by atoms with Crippen molar-refractivity contribution in [3.63, 3.8) is 0 Å². The van der Waals surface area contributed by atoms with Gasteiger partial charge in [-0.25, -0.2) is 4.98 Å². The standard InChI is InChI=1S/C15H17N5/c1-10-4-6-13(7-5-10)12(3)19-14-8-11(2)18-15-16-9-17-20(14)15/h4-9,12,19H,1-3H3. The van der Waals surface area contributed by atoms with Gasteiger partial charge in [-0.3, -0.25) is 0 Å². The van der Waals surface area contributed by atoms with Crippen molar-refractivity contribution in [3.05, 3.63) is 53.5 Å². The van der Waals surface area contributed by atoms with Crippen LogP contribution in [-0.2, 0) is 0 Å². The molecule has 102 valence electrons. The molecule has 0 aliphatic rings. The first-order valence-corrected chi connectivity index (χ1v) is 6.64. The van der Waals surface area contributed by atoms with Crippen molar-refractivity contribution < 1.29 is 0 Å². The predicted molar refractivity (Wildman–Crippen MR) is 78.7 cm³/mol. The fraction of sp³-hybridized carbons (Fsp3) is 0.267. The molecular formula is C15H17N5. The molecule has 0 saturated heterocycles. The van der Waals surface area contributed by atoms with Crippen molar-refractivity contribution in [2.45, 2.75) is 26.8 Å². The fourth-order valence-corrected chi connectivity index (χ4v) is 2.19. The Bertz CT molecular complexity index is 730. The minimum Gasteiger partial charge on any atom is -0.363 e. The van der Waals surface area contributed by atoms with Crippen LogP contribution in [0.2, 0.25) is 0 Å². The molecule has 1 atom stereocenters. The topological polar surface area (TPSA) is 55.1 Å². The number of aryl methyl sites for hydroxylation is 2. The van der Waals surface area contributed by atoms with Crippen LogP contribution in [0.5, 0.6) is 0 Å². The molecule has 0 saturated carbocycles. The summed E-state index contributed by atoms with van der Waals surface area (Å²) in [5, 5.41) is 7.67. The molecule has 2 heterocycles. The molecule has 2 aromatic heterocycles. The van der Waals surface area contributed by atoms with E-state index in [0.717, 1.165) is 11.5 Å².